The number of amidine groups is 1. The highest BCUT2D eigenvalue weighted by Gasteiger charge is 2.17. The van der Waals surface area contributed by atoms with Crippen LogP contribution in [0.15, 0.2) is 41.4 Å². The molecule has 1 heterocycles. The lowest BCUT2D eigenvalue weighted by Crippen LogP contribution is -2.23. The normalized spacial score (nSPS) is 15.0. The van der Waals surface area contributed by atoms with Crippen LogP contribution in [-0.4, -0.2) is 12.1 Å². The second-order valence-corrected chi connectivity index (χ2v) is 4.23. The van der Waals surface area contributed by atoms with Gasteiger partial charge >= 0.3 is 0 Å². The molecule has 3 rings (SSSR count). The number of hydrogen-bond acceptors (Lipinski definition) is 3. The molecule has 0 saturated carbocycles. The quantitative estimate of drug-likeness (QED) is 0.796. The van der Waals surface area contributed by atoms with Gasteiger partial charge in [-0.15, -0.1) is 0 Å². The molecule has 1 atom stereocenters. The van der Waals surface area contributed by atoms with Crippen molar-refractivity contribution in [2.24, 2.45) is 10.9 Å². The molecule has 2 aromatic carbocycles. The maximum atomic E-state index is 10.8. The molecule has 2 aromatic rings. The average molecular weight is 224 g/mol. The van der Waals surface area contributed by atoms with E-state index in [4.69, 9.17) is 0 Å². The summed E-state index contributed by atoms with van der Waals surface area (Å²) in [5.74, 6) is 0.504. The van der Waals surface area contributed by atoms with Gasteiger partial charge in [-0.05, 0) is 24.4 Å². The molecule has 1 aliphatic heterocycles. The maximum absolute atomic E-state index is 10.8. The maximum Gasteiger partial charge on any atom is 0.130 e. The summed E-state index contributed by atoms with van der Waals surface area (Å²) in [7, 11) is 0. The van der Waals surface area contributed by atoms with Gasteiger partial charge in [-0.2, -0.15) is 0 Å². The van der Waals surface area contributed by atoms with E-state index in [0.29, 0.717) is 5.84 Å². The van der Waals surface area contributed by atoms with Gasteiger partial charge in [0.15, 0.2) is 0 Å². The van der Waals surface area contributed by atoms with Crippen LogP contribution in [0.3, 0.4) is 0 Å². The Kier molecular flexibility index (Phi) is 2.18. The third-order valence-corrected chi connectivity index (χ3v) is 3.02. The van der Waals surface area contributed by atoms with Gasteiger partial charge in [-0.1, -0.05) is 24.3 Å². The molecular formula is C14H12N2O. The van der Waals surface area contributed by atoms with Gasteiger partial charge in [-0.3, -0.25) is 0 Å². The topological polar surface area (TPSA) is 41.5 Å². The number of nitrogens with one attached hydrogen (secondary N) is 1. The van der Waals surface area contributed by atoms with Crippen molar-refractivity contribution in [3.05, 3.63) is 36.4 Å². The first kappa shape index (κ1) is 10.0. The SMILES string of the molecule is CC(C=O)C1=Nc2cccc3cccc(c23)N1. The minimum absolute atomic E-state index is 0.210. The van der Waals surface area contributed by atoms with E-state index in [1.807, 2.05) is 31.2 Å². The summed E-state index contributed by atoms with van der Waals surface area (Å²) in [6.07, 6.45) is 0.903. The van der Waals surface area contributed by atoms with Crippen molar-refractivity contribution in [3.63, 3.8) is 0 Å². The fourth-order valence-electron chi connectivity index (χ4n) is 2.09. The van der Waals surface area contributed by atoms with E-state index in [9.17, 15) is 4.79 Å². The van der Waals surface area contributed by atoms with Gasteiger partial charge in [0.25, 0.3) is 0 Å². The predicted molar refractivity (Wildman–Crippen MR) is 69.9 cm³/mol. The summed E-state index contributed by atoms with van der Waals surface area (Å²) in [4.78, 5) is 15.3. The molecule has 0 radical (unpaired) electrons. The number of nitrogens with zero attached hydrogens (tertiary/aromatic N) is 1. The van der Waals surface area contributed by atoms with Gasteiger partial charge in [0.2, 0.25) is 0 Å². The molecule has 1 unspecified atom stereocenters. The third-order valence-electron chi connectivity index (χ3n) is 3.02. The van der Waals surface area contributed by atoms with Crippen LogP contribution in [0.1, 0.15) is 6.92 Å². The monoisotopic (exact) mass is 224 g/mol. The Bertz CT molecular complexity index is 626. The number of rotatable bonds is 2. The van der Waals surface area contributed by atoms with Gasteiger partial charge in [-0.25, -0.2) is 4.99 Å². The molecule has 0 spiro atoms. The Morgan fingerprint density at radius 3 is 2.76 bits per heavy atom. The summed E-state index contributed by atoms with van der Waals surface area (Å²) >= 11 is 0. The molecule has 0 amide bonds. The minimum atomic E-state index is -0.210. The van der Waals surface area contributed by atoms with Gasteiger partial charge in [0.05, 0.1) is 11.6 Å². The largest absolute Gasteiger partial charge is 0.343 e. The summed E-state index contributed by atoms with van der Waals surface area (Å²) in [6.45, 7) is 1.84. The molecule has 84 valence electrons. The van der Waals surface area contributed by atoms with Gasteiger partial charge in [0, 0.05) is 11.1 Å². The van der Waals surface area contributed by atoms with E-state index in [1.165, 1.54) is 0 Å². The fraction of sp³-hybridized carbons (Fsp3) is 0.143. The van der Waals surface area contributed by atoms with Crippen molar-refractivity contribution in [1.29, 1.82) is 0 Å². The number of benzene rings is 2. The van der Waals surface area contributed by atoms with Crippen LogP contribution in [-0.2, 0) is 4.79 Å². The van der Waals surface area contributed by atoms with E-state index >= 15 is 0 Å². The molecule has 0 aliphatic carbocycles. The number of aldehydes is 1. The van der Waals surface area contributed by atoms with Crippen LogP contribution < -0.4 is 5.32 Å². The van der Waals surface area contributed by atoms with E-state index in [1.54, 1.807) is 0 Å². The van der Waals surface area contributed by atoms with Crippen molar-refractivity contribution >= 4 is 34.3 Å². The van der Waals surface area contributed by atoms with Gasteiger partial charge in [0.1, 0.15) is 12.1 Å². The van der Waals surface area contributed by atoms with Crippen LogP contribution in [0.5, 0.6) is 0 Å². The molecular weight excluding hydrogens is 212 g/mol. The number of carbonyl (C=O) groups excluding carboxylic acids is 1. The number of anilines is 1. The van der Waals surface area contributed by atoms with Crippen LogP contribution in [0.2, 0.25) is 0 Å². The molecule has 0 bridgehead atoms. The van der Waals surface area contributed by atoms with E-state index < -0.39 is 0 Å². The number of hydrogen-bond donors (Lipinski definition) is 1. The highest BCUT2D eigenvalue weighted by atomic mass is 16.1. The van der Waals surface area contributed by atoms with E-state index in [-0.39, 0.29) is 5.92 Å². The zero-order valence-electron chi connectivity index (χ0n) is 9.47. The van der Waals surface area contributed by atoms with Gasteiger partial charge < -0.3 is 10.1 Å². The number of aliphatic imine (C=N–C) groups is 1. The lowest BCUT2D eigenvalue weighted by Gasteiger charge is -2.20. The van der Waals surface area contributed by atoms with Crippen molar-refractivity contribution in [2.45, 2.75) is 6.92 Å². The lowest BCUT2D eigenvalue weighted by molar-refractivity contribution is -0.109. The summed E-state index contributed by atoms with van der Waals surface area (Å²) in [5, 5.41) is 5.51. The van der Waals surface area contributed by atoms with Crippen LogP contribution in [0.4, 0.5) is 11.4 Å². The van der Waals surface area contributed by atoms with Crippen molar-refractivity contribution in [2.75, 3.05) is 5.32 Å². The first-order valence-electron chi connectivity index (χ1n) is 5.62. The highest BCUT2D eigenvalue weighted by molar-refractivity contribution is 6.16. The Hall–Kier alpha value is -2.16. The van der Waals surface area contributed by atoms with E-state index in [2.05, 4.69) is 22.4 Å². The predicted octanol–water partition coefficient (Wildman–Crippen LogP) is 3.13. The average Bonchev–Trinajstić information content (AvgIpc) is 2.38. The van der Waals surface area contributed by atoms with Crippen molar-refractivity contribution in [1.82, 2.24) is 0 Å². The Labute approximate surface area is 99.2 Å². The Morgan fingerprint density at radius 2 is 2.00 bits per heavy atom. The fourth-order valence-corrected chi connectivity index (χ4v) is 2.09. The zero-order valence-corrected chi connectivity index (χ0v) is 9.47. The molecule has 1 N–H and O–H groups in total. The number of carbonyl (C=O) groups is 1. The molecule has 0 saturated heterocycles. The summed E-state index contributed by atoms with van der Waals surface area (Å²) in [5.41, 5.74) is 1.96. The Morgan fingerprint density at radius 1 is 1.24 bits per heavy atom. The first-order valence-corrected chi connectivity index (χ1v) is 5.62. The van der Waals surface area contributed by atoms with Crippen LogP contribution in [0, 0.1) is 5.92 Å². The lowest BCUT2D eigenvalue weighted by atomic mass is 10.0. The van der Waals surface area contributed by atoms with Crippen molar-refractivity contribution in [3.8, 4) is 0 Å². The molecule has 3 heteroatoms. The third kappa shape index (κ3) is 1.51. The second kappa shape index (κ2) is 3.70. The minimum Gasteiger partial charge on any atom is -0.343 e. The molecule has 1 aliphatic rings. The zero-order chi connectivity index (χ0) is 11.8. The van der Waals surface area contributed by atoms with Crippen LogP contribution >= 0.6 is 0 Å². The molecule has 3 nitrogen and oxygen atoms in total. The van der Waals surface area contributed by atoms with Crippen molar-refractivity contribution < 1.29 is 4.79 Å². The smallest absolute Gasteiger partial charge is 0.130 e. The molecule has 17 heavy (non-hydrogen) atoms. The molecule has 0 fully saturated rings. The molecule has 0 aromatic heterocycles. The highest BCUT2D eigenvalue weighted by Crippen LogP contribution is 2.36. The Balaban J connectivity index is 2.25. The summed E-state index contributed by atoms with van der Waals surface area (Å²) < 4.78 is 0. The summed E-state index contributed by atoms with van der Waals surface area (Å²) in [6, 6.07) is 12.1. The van der Waals surface area contributed by atoms with Crippen LogP contribution in [0.25, 0.3) is 10.8 Å². The standard InChI is InChI=1S/C14H12N2O/c1-9(8-17)14-15-11-6-2-4-10-5-3-7-12(16-14)13(10)11/h2-9H,1H3,(H,15,16). The van der Waals surface area contributed by atoms with E-state index in [0.717, 1.165) is 28.4 Å². The first-order chi connectivity index (χ1) is 8.29. The second-order valence-electron chi connectivity index (χ2n) is 4.23.